The van der Waals surface area contributed by atoms with Gasteiger partial charge in [-0.1, -0.05) is 33.1 Å². The number of nitrogens with zero attached hydrogens (tertiary/aromatic N) is 1. The molecule has 86 valence electrons. The Kier molecular flexibility index (Phi) is 10.9. The fourth-order valence-corrected chi connectivity index (χ4v) is 1.57. The van der Waals surface area contributed by atoms with Crippen LogP contribution in [0.4, 0.5) is 0 Å². The van der Waals surface area contributed by atoms with Crippen LogP contribution in [0.5, 0.6) is 0 Å². The predicted octanol–water partition coefficient (Wildman–Crippen LogP) is 2.50. The van der Waals surface area contributed by atoms with Crippen molar-refractivity contribution in [2.75, 3.05) is 33.2 Å². The van der Waals surface area contributed by atoms with Gasteiger partial charge in [0.15, 0.2) is 0 Å². The fourth-order valence-electron chi connectivity index (χ4n) is 1.57. The Balaban J connectivity index is 2.98. The highest BCUT2D eigenvalue weighted by Gasteiger charge is 1.94. The van der Waals surface area contributed by atoms with Crippen molar-refractivity contribution in [2.24, 2.45) is 0 Å². The number of hydrogen-bond acceptors (Lipinski definition) is 2. The zero-order chi connectivity index (χ0) is 10.6. The molecule has 2 nitrogen and oxygen atoms in total. The second-order valence-corrected chi connectivity index (χ2v) is 4.11. The van der Waals surface area contributed by atoms with Crippen LogP contribution in [0.3, 0.4) is 0 Å². The molecule has 0 aliphatic heterocycles. The van der Waals surface area contributed by atoms with Crippen molar-refractivity contribution in [1.29, 1.82) is 0 Å². The zero-order valence-electron chi connectivity index (χ0n) is 10.3. The van der Waals surface area contributed by atoms with Gasteiger partial charge in [-0.15, -0.1) is 0 Å². The molecule has 0 aromatic rings. The molecule has 0 unspecified atom stereocenters. The van der Waals surface area contributed by atoms with Gasteiger partial charge in [-0.3, -0.25) is 0 Å². The van der Waals surface area contributed by atoms with Crippen LogP contribution in [-0.2, 0) is 0 Å². The van der Waals surface area contributed by atoms with E-state index in [1.165, 1.54) is 51.7 Å². The molecule has 0 bridgehead atoms. The molecule has 0 aliphatic carbocycles. The van der Waals surface area contributed by atoms with E-state index in [1.807, 2.05) is 0 Å². The Morgan fingerprint density at radius 2 is 1.64 bits per heavy atom. The molecule has 14 heavy (non-hydrogen) atoms. The third-order valence-corrected chi connectivity index (χ3v) is 2.48. The van der Waals surface area contributed by atoms with Crippen LogP contribution in [-0.4, -0.2) is 38.1 Å². The van der Waals surface area contributed by atoms with Crippen molar-refractivity contribution in [2.45, 2.75) is 46.0 Å². The first kappa shape index (κ1) is 13.9. The lowest BCUT2D eigenvalue weighted by molar-refractivity contribution is 0.331. The zero-order valence-corrected chi connectivity index (χ0v) is 10.3. The summed E-state index contributed by atoms with van der Waals surface area (Å²) in [7, 11) is 2.20. The molecule has 1 N–H and O–H groups in total. The molecular weight excluding hydrogens is 172 g/mol. The molecule has 0 saturated carbocycles. The molecule has 0 heterocycles. The van der Waals surface area contributed by atoms with Gasteiger partial charge in [-0.2, -0.15) is 0 Å². The summed E-state index contributed by atoms with van der Waals surface area (Å²) in [5, 5.41) is 3.49. The summed E-state index contributed by atoms with van der Waals surface area (Å²) in [4.78, 5) is 2.39. The van der Waals surface area contributed by atoms with Crippen molar-refractivity contribution in [3.63, 3.8) is 0 Å². The molecule has 0 rings (SSSR count). The topological polar surface area (TPSA) is 15.3 Å². The first-order valence-corrected chi connectivity index (χ1v) is 6.20. The summed E-state index contributed by atoms with van der Waals surface area (Å²) in [6, 6.07) is 0. The van der Waals surface area contributed by atoms with Crippen molar-refractivity contribution in [1.82, 2.24) is 10.2 Å². The molecule has 0 fully saturated rings. The maximum atomic E-state index is 3.49. The molecule has 0 aromatic heterocycles. The van der Waals surface area contributed by atoms with Crippen molar-refractivity contribution in [3.05, 3.63) is 0 Å². The van der Waals surface area contributed by atoms with Crippen LogP contribution < -0.4 is 5.32 Å². The third kappa shape index (κ3) is 10.0. The van der Waals surface area contributed by atoms with Crippen LogP contribution in [0.1, 0.15) is 46.0 Å². The van der Waals surface area contributed by atoms with E-state index in [0.29, 0.717) is 0 Å². The van der Waals surface area contributed by atoms with Gasteiger partial charge in [0.2, 0.25) is 0 Å². The summed E-state index contributed by atoms with van der Waals surface area (Å²) in [5.41, 5.74) is 0. The number of nitrogens with one attached hydrogen (secondary N) is 1. The molecule has 0 radical (unpaired) electrons. The monoisotopic (exact) mass is 200 g/mol. The average molecular weight is 200 g/mol. The van der Waals surface area contributed by atoms with E-state index in [9.17, 15) is 0 Å². The molecule has 0 aliphatic rings. The molecule has 2 heteroatoms. The maximum absolute atomic E-state index is 3.49. The molecule has 0 aromatic carbocycles. The van der Waals surface area contributed by atoms with Gasteiger partial charge in [0.25, 0.3) is 0 Å². The first-order valence-electron chi connectivity index (χ1n) is 6.20. The van der Waals surface area contributed by atoms with Crippen LogP contribution in [0.2, 0.25) is 0 Å². The van der Waals surface area contributed by atoms with Gasteiger partial charge in [0.1, 0.15) is 0 Å². The quantitative estimate of drug-likeness (QED) is 0.545. The van der Waals surface area contributed by atoms with Gasteiger partial charge in [-0.25, -0.2) is 0 Å². The van der Waals surface area contributed by atoms with Crippen LogP contribution in [0, 0.1) is 0 Å². The maximum Gasteiger partial charge on any atom is 0.0104 e. The lowest BCUT2D eigenvalue weighted by Crippen LogP contribution is -2.30. The Hall–Kier alpha value is -0.0800. The molecule has 0 atom stereocenters. The molecule has 0 saturated heterocycles. The van der Waals surface area contributed by atoms with Gasteiger partial charge < -0.3 is 10.2 Å². The Morgan fingerprint density at radius 3 is 2.29 bits per heavy atom. The minimum Gasteiger partial charge on any atom is -0.315 e. The smallest absolute Gasteiger partial charge is 0.0104 e. The summed E-state index contributed by atoms with van der Waals surface area (Å²) in [6.07, 6.45) is 6.70. The van der Waals surface area contributed by atoms with Crippen molar-refractivity contribution < 1.29 is 0 Å². The van der Waals surface area contributed by atoms with E-state index in [-0.39, 0.29) is 0 Å². The highest BCUT2D eigenvalue weighted by molar-refractivity contribution is 4.54. The van der Waals surface area contributed by atoms with E-state index < -0.39 is 0 Å². The van der Waals surface area contributed by atoms with E-state index in [2.05, 4.69) is 31.1 Å². The first-order chi connectivity index (χ1) is 6.81. The summed E-state index contributed by atoms with van der Waals surface area (Å²) in [5.74, 6) is 0. The number of rotatable bonds is 10. The highest BCUT2D eigenvalue weighted by Crippen LogP contribution is 1.96. The Bertz CT molecular complexity index is 104. The molecule has 0 amide bonds. The normalized spacial score (nSPS) is 11.1. The fraction of sp³-hybridized carbons (Fsp3) is 1.00. The van der Waals surface area contributed by atoms with Gasteiger partial charge in [0.05, 0.1) is 0 Å². The third-order valence-electron chi connectivity index (χ3n) is 2.48. The average Bonchev–Trinajstić information content (AvgIpc) is 2.17. The van der Waals surface area contributed by atoms with E-state index >= 15 is 0 Å². The lowest BCUT2D eigenvalue weighted by atomic mass is 10.2. The summed E-state index contributed by atoms with van der Waals surface area (Å²) < 4.78 is 0. The van der Waals surface area contributed by atoms with Gasteiger partial charge >= 0.3 is 0 Å². The number of likely N-dealkylation sites (N-methyl/N-ethyl adjacent to an activating group) is 1. The standard InChI is InChI=1S/C12H28N2/c1-4-6-7-8-9-13-10-12-14(3)11-5-2/h13H,4-12H2,1-3H3. The van der Waals surface area contributed by atoms with Gasteiger partial charge in [-0.05, 0) is 33.0 Å². The predicted molar refractivity (Wildman–Crippen MR) is 64.8 cm³/mol. The van der Waals surface area contributed by atoms with Crippen molar-refractivity contribution in [3.8, 4) is 0 Å². The SMILES string of the molecule is CCCCCCNCCN(C)CCC. The minimum absolute atomic E-state index is 1.14. The van der Waals surface area contributed by atoms with Crippen LogP contribution in [0.15, 0.2) is 0 Å². The Morgan fingerprint density at radius 1 is 0.857 bits per heavy atom. The summed E-state index contributed by atoms with van der Waals surface area (Å²) >= 11 is 0. The van der Waals surface area contributed by atoms with E-state index in [0.717, 1.165) is 6.54 Å². The van der Waals surface area contributed by atoms with Gasteiger partial charge in [0, 0.05) is 13.1 Å². The number of unbranched alkanes of at least 4 members (excludes halogenated alkanes) is 3. The van der Waals surface area contributed by atoms with Crippen molar-refractivity contribution >= 4 is 0 Å². The Labute approximate surface area is 90.1 Å². The molecule has 0 spiro atoms. The summed E-state index contributed by atoms with van der Waals surface area (Å²) in [6.45, 7) is 9.23. The van der Waals surface area contributed by atoms with E-state index in [4.69, 9.17) is 0 Å². The second kappa shape index (κ2) is 11.0. The second-order valence-electron chi connectivity index (χ2n) is 4.11. The lowest BCUT2D eigenvalue weighted by Gasteiger charge is -2.15. The highest BCUT2D eigenvalue weighted by atomic mass is 15.1. The van der Waals surface area contributed by atoms with E-state index in [1.54, 1.807) is 0 Å². The molecular formula is C12H28N2. The van der Waals surface area contributed by atoms with Crippen LogP contribution >= 0.6 is 0 Å². The largest absolute Gasteiger partial charge is 0.315 e. The minimum atomic E-state index is 1.14. The number of hydrogen-bond donors (Lipinski definition) is 1. The van der Waals surface area contributed by atoms with Crippen LogP contribution in [0.25, 0.3) is 0 Å².